The largest absolute Gasteiger partial charge is 0.458 e. The van der Waals surface area contributed by atoms with Gasteiger partial charge in [0, 0.05) is 43.7 Å². The van der Waals surface area contributed by atoms with E-state index in [9.17, 15) is 0 Å². The van der Waals surface area contributed by atoms with Crippen LogP contribution in [0.1, 0.15) is 0 Å². The molecule has 0 bridgehead atoms. The Kier molecular flexibility index (Phi) is 6.81. The van der Waals surface area contributed by atoms with Crippen molar-refractivity contribution in [1.82, 2.24) is 0 Å². The Labute approximate surface area is 312 Å². The van der Waals surface area contributed by atoms with Crippen molar-refractivity contribution in [1.29, 1.82) is 0 Å². The van der Waals surface area contributed by atoms with Crippen molar-refractivity contribution < 1.29 is 9.15 Å². The van der Waals surface area contributed by atoms with Crippen molar-refractivity contribution in [2.45, 2.75) is 9.79 Å². The Morgan fingerprint density at radius 1 is 0.396 bits per heavy atom. The van der Waals surface area contributed by atoms with Crippen LogP contribution in [0.25, 0.3) is 33.1 Å². The second kappa shape index (κ2) is 11.9. The summed E-state index contributed by atoms with van der Waals surface area (Å²) in [4.78, 5) is 4.98. The molecule has 9 aromatic rings. The molecule has 1 spiro atoms. The summed E-state index contributed by atoms with van der Waals surface area (Å²) in [6, 6.07) is 67.7. The predicted octanol–water partition coefficient (Wildman–Crippen LogP) is 10.7. The van der Waals surface area contributed by atoms with Crippen LogP contribution in [0.3, 0.4) is 0 Å². The number of hydrogen-bond donors (Lipinski definition) is 0. The Hall–Kier alpha value is -6.27. The molecule has 0 amide bonds. The third kappa shape index (κ3) is 4.61. The van der Waals surface area contributed by atoms with Gasteiger partial charge in [-0.25, -0.2) is 0 Å². The van der Waals surface area contributed by atoms with Crippen molar-refractivity contribution in [3.05, 3.63) is 188 Å². The predicted molar refractivity (Wildman–Crippen MR) is 222 cm³/mol. The molecule has 0 N–H and O–H groups in total. The molecule has 11 rings (SSSR count). The fraction of sp³-hybridized carbons (Fsp3) is 0. The van der Waals surface area contributed by atoms with Crippen LogP contribution in [-0.2, 0) is 0 Å². The fourth-order valence-electron chi connectivity index (χ4n) is 8.48. The van der Waals surface area contributed by atoms with Crippen LogP contribution in [0.15, 0.2) is 202 Å². The van der Waals surface area contributed by atoms with Gasteiger partial charge in [-0.3, -0.25) is 0 Å². The summed E-state index contributed by atoms with van der Waals surface area (Å²) in [5.74, 6) is 1.87. The highest BCUT2D eigenvalue weighted by atomic mass is 32.2. The highest BCUT2D eigenvalue weighted by molar-refractivity contribution is 8.00. The molecular weight excluding hydrogens is 683 g/mol. The van der Waals surface area contributed by atoms with Gasteiger partial charge in [0.2, 0.25) is 0 Å². The van der Waals surface area contributed by atoms with Crippen LogP contribution >= 0.6 is 11.8 Å². The molecule has 2 aliphatic heterocycles. The van der Waals surface area contributed by atoms with Gasteiger partial charge >= 0.3 is 0 Å². The molecule has 1 aromatic heterocycles. The standard InChI is InChI=1S/C48H31NO2SSi/c1-3-13-32(14-4-1)33-23-26-37-38-27-24-35(30-42(38)51-41(37)29-33)49(34-15-5-2-6-16-34)36-25-28-40-48(31-36)53(45-20-10-7-17-39(45)50-40)46-21-11-8-18-43(46)52-44-19-9-12-22-47(44)53/h1-31H. The lowest BCUT2D eigenvalue weighted by atomic mass is 10.0. The molecule has 0 atom stereocenters. The first-order valence-electron chi connectivity index (χ1n) is 17.9. The maximum Gasteiger partial charge on any atom is 0.190 e. The Morgan fingerprint density at radius 2 is 0.962 bits per heavy atom. The molecule has 0 radical (unpaired) electrons. The summed E-state index contributed by atoms with van der Waals surface area (Å²) in [5.41, 5.74) is 7.23. The zero-order valence-electron chi connectivity index (χ0n) is 28.6. The maximum absolute atomic E-state index is 6.81. The summed E-state index contributed by atoms with van der Waals surface area (Å²) in [6.45, 7) is 0. The van der Waals surface area contributed by atoms with Gasteiger partial charge in [0.25, 0.3) is 0 Å². The molecule has 53 heavy (non-hydrogen) atoms. The Morgan fingerprint density at radius 3 is 1.72 bits per heavy atom. The number of hydrogen-bond acceptors (Lipinski definition) is 4. The van der Waals surface area contributed by atoms with Gasteiger partial charge in [0.05, 0.1) is 0 Å². The van der Waals surface area contributed by atoms with E-state index in [4.69, 9.17) is 9.15 Å². The highest BCUT2D eigenvalue weighted by Gasteiger charge is 2.52. The normalized spacial score (nSPS) is 13.5. The molecule has 250 valence electrons. The molecule has 0 unspecified atom stereocenters. The first kappa shape index (κ1) is 30.4. The Bertz CT molecular complexity index is 2760. The second-order valence-corrected chi connectivity index (χ2v) is 18.4. The monoisotopic (exact) mass is 713 g/mol. The number of nitrogens with zero attached hydrogens (tertiary/aromatic N) is 1. The average Bonchev–Trinajstić information content (AvgIpc) is 3.59. The zero-order valence-corrected chi connectivity index (χ0v) is 30.4. The third-order valence-electron chi connectivity index (χ3n) is 10.8. The van der Waals surface area contributed by atoms with Crippen LogP contribution in [0.4, 0.5) is 17.1 Å². The second-order valence-electron chi connectivity index (χ2n) is 13.7. The minimum atomic E-state index is -2.82. The lowest BCUT2D eigenvalue weighted by Crippen LogP contribution is -2.77. The van der Waals surface area contributed by atoms with Gasteiger partial charge in [-0.15, -0.1) is 0 Å². The van der Waals surface area contributed by atoms with Crippen molar-refractivity contribution in [2.24, 2.45) is 0 Å². The van der Waals surface area contributed by atoms with Crippen LogP contribution in [0, 0.1) is 0 Å². The molecule has 0 fully saturated rings. The molecule has 0 saturated heterocycles. The molecule has 0 saturated carbocycles. The SMILES string of the molecule is c1ccc(-c2ccc3c(c2)oc2cc(N(c4ccccc4)c4ccc5c(c4)[Si]4(c6ccccc6O5)c5ccccc5Sc5ccccc54)ccc23)cc1. The van der Waals surface area contributed by atoms with E-state index >= 15 is 0 Å². The zero-order chi connectivity index (χ0) is 34.9. The smallest absolute Gasteiger partial charge is 0.190 e. The number of benzene rings is 8. The molecule has 5 heteroatoms. The van der Waals surface area contributed by atoms with E-state index < -0.39 is 8.07 Å². The van der Waals surface area contributed by atoms with Crippen molar-refractivity contribution in [3.8, 4) is 22.6 Å². The van der Waals surface area contributed by atoms with E-state index in [1.54, 1.807) is 0 Å². The quantitative estimate of drug-likeness (QED) is 0.170. The number of fused-ring (bicyclic) bond motifs is 11. The maximum atomic E-state index is 6.81. The first-order valence-corrected chi connectivity index (χ1v) is 20.7. The van der Waals surface area contributed by atoms with Gasteiger partial charge in [-0.2, -0.15) is 0 Å². The first-order chi connectivity index (χ1) is 26.3. The van der Waals surface area contributed by atoms with Crippen LogP contribution in [-0.4, -0.2) is 8.07 Å². The van der Waals surface area contributed by atoms with Crippen LogP contribution in [0.5, 0.6) is 11.5 Å². The van der Waals surface area contributed by atoms with Gasteiger partial charge in [0.1, 0.15) is 22.7 Å². The van der Waals surface area contributed by atoms with Gasteiger partial charge < -0.3 is 14.1 Å². The van der Waals surface area contributed by atoms with Gasteiger partial charge in [-0.05, 0) is 105 Å². The van der Waals surface area contributed by atoms with Crippen LogP contribution in [0.2, 0.25) is 0 Å². The topological polar surface area (TPSA) is 25.6 Å². The van der Waals surface area contributed by atoms with E-state index in [0.29, 0.717) is 0 Å². The summed E-state index contributed by atoms with van der Waals surface area (Å²) in [5, 5.41) is 7.57. The molecule has 3 heterocycles. The number of ether oxygens (including phenoxy) is 1. The van der Waals surface area contributed by atoms with Crippen molar-refractivity contribution >= 4 is 79.6 Å². The van der Waals surface area contributed by atoms with E-state index in [-0.39, 0.29) is 0 Å². The molecule has 3 nitrogen and oxygen atoms in total. The lowest BCUT2D eigenvalue weighted by molar-refractivity contribution is 0.487. The fourth-order valence-corrected chi connectivity index (χ4v) is 15.7. The van der Waals surface area contributed by atoms with Gasteiger partial charge in [0.15, 0.2) is 8.07 Å². The third-order valence-corrected chi connectivity index (χ3v) is 17.2. The molecule has 0 aliphatic carbocycles. The summed E-state index contributed by atoms with van der Waals surface area (Å²) in [7, 11) is -2.82. The minimum absolute atomic E-state index is 0.858. The summed E-state index contributed by atoms with van der Waals surface area (Å²) in [6.07, 6.45) is 0. The Balaban J connectivity index is 1.13. The molecule has 8 aromatic carbocycles. The number of furan rings is 1. The van der Waals surface area contributed by atoms with Crippen molar-refractivity contribution in [3.63, 3.8) is 0 Å². The van der Waals surface area contributed by atoms with E-state index in [2.05, 4.69) is 187 Å². The number of para-hydroxylation sites is 2. The van der Waals surface area contributed by atoms with Gasteiger partial charge in [-0.1, -0.05) is 121 Å². The van der Waals surface area contributed by atoms with E-state index in [1.165, 1.54) is 36.1 Å². The molecule has 2 aliphatic rings. The van der Waals surface area contributed by atoms with Crippen molar-refractivity contribution in [2.75, 3.05) is 4.90 Å². The highest BCUT2D eigenvalue weighted by Crippen LogP contribution is 2.42. The lowest BCUT2D eigenvalue weighted by Gasteiger charge is -2.43. The van der Waals surface area contributed by atoms with Crippen LogP contribution < -0.4 is 30.4 Å². The molecular formula is C48H31NO2SSi. The van der Waals surface area contributed by atoms with E-state index in [1.807, 2.05) is 17.8 Å². The number of rotatable bonds is 4. The average molecular weight is 714 g/mol. The van der Waals surface area contributed by atoms with E-state index in [0.717, 1.165) is 56.1 Å². The number of anilines is 3. The summed E-state index contributed by atoms with van der Waals surface area (Å²) >= 11 is 1.88. The minimum Gasteiger partial charge on any atom is -0.458 e. The summed E-state index contributed by atoms with van der Waals surface area (Å²) < 4.78 is 13.4.